The second kappa shape index (κ2) is 15.8. The van der Waals surface area contributed by atoms with Crippen molar-refractivity contribution in [3.63, 3.8) is 0 Å². The summed E-state index contributed by atoms with van der Waals surface area (Å²) in [6.07, 6.45) is 1.98. The van der Waals surface area contributed by atoms with Crippen molar-refractivity contribution >= 4 is 31.7 Å². The number of rotatable bonds is 17. The molecule has 0 aliphatic heterocycles. The summed E-state index contributed by atoms with van der Waals surface area (Å²) in [6, 6.07) is 0. The van der Waals surface area contributed by atoms with Crippen LogP contribution in [0.2, 0.25) is 0 Å². The van der Waals surface area contributed by atoms with Crippen LogP contribution in [0, 0.1) is 0 Å². The molecule has 0 saturated carbocycles. The first-order valence-electron chi connectivity index (χ1n) is 10.5. The van der Waals surface area contributed by atoms with Gasteiger partial charge in [-0.25, -0.2) is 14.6 Å². The van der Waals surface area contributed by atoms with E-state index in [1.54, 1.807) is 27.7 Å². The Morgan fingerprint density at radius 2 is 1.45 bits per heavy atom. The van der Waals surface area contributed by atoms with Crippen molar-refractivity contribution in [3.8, 4) is 0 Å². The average molecular weight is 465 g/mol. The highest BCUT2D eigenvalue weighted by Gasteiger charge is 2.50. The Labute approximate surface area is 184 Å². The third-order valence-electron chi connectivity index (χ3n) is 4.22. The van der Waals surface area contributed by atoms with E-state index in [0.29, 0.717) is 19.4 Å². The molecule has 0 fully saturated rings. The van der Waals surface area contributed by atoms with Gasteiger partial charge in [0.15, 0.2) is 6.40 Å². The number of nitrogens with zero attached hydrogens (tertiary/aromatic N) is 1. The molecule has 0 bridgehead atoms. The molecule has 0 aromatic rings. The van der Waals surface area contributed by atoms with Gasteiger partial charge in [-0.05, 0) is 40.5 Å². The van der Waals surface area contributed by atoms with E-state index >= 15 is 0 Å². The quantitative estimate of drug-likeness (QED) is 0.0606. The van der Waals surface area contributed by atoms with Gasteiger partial charge in [0.2, 0.25) is 7.37 Å². The zero-order valence-electron chi connectivity index (χ0n) is 19.2. The Kier molecular flexibility index (Phi) is 14.8. The maximum atomic E-state index is 13.3. The zero-order valence-corrected chi connectivity index (χ0v) is 20.1. The lowest BCUT2D eigenvalue weighted by Crippen LogP contribution is -2.48. The van der Waals surface area contributed by atoms with Crippen LogP contribution in [0.25, 0.3) is 0 Å². The molecule has 1 atom stereocenters. The second-order valence-electron chi connectivity index (χ2n) is 6.46. The molecule has 0 N–H and O–H groups in total. The number of esters is 3. The summed E-state index contributed by atoms with van der Waals surface area (Å²) in [7, 11) is -1.90. The molecule has 0 heterocycles. The number of ether oxygens (including phenoxy) is 4. The molecular formula is C20H36NO9P. The summed E-state index contributed by atoms with van der Waals surface area (Å²) in [5.41, 5.74) is -2.04. The smallest absolute Gasteiger partial charge is 0.345 e. The van der Waals surface area contributed by atoms with Crippen molar-refractivity contribution < 1.29 is 42.4 Å². The standard InChI is InChI=1S/C20H36NO9P/c1-6-27-17(22)12-10-11-14-31(25,30-9-4)15-13-20(21-16-26-5,18(23)28-7-2)19(24)29-8-3/h16H,6-15H2,1-5H3/b21-16-. The van der Waals surface area contributed by atoms with E-state index in [1.165, 1.54) is 7.11 Å². The van der Waals surface area contributed by atoms with Crippen LogP contribution in [0.15, 0.2) is 4.99 Å². The lowest BCUT2D eigenvalue weighted by Gasteiger charge is -2.27. The number of carbonyl (C=O) groups is 3. The SMILES string of the molecule is CCOC(=O)CCCCP(=O)(CCC(/N=C\OC)(C(=O)OCC)C(=O)OCC)OCC. The Morgan fingerprint density at radius 3 is 1.94 bits per heavy atom. The van der Waals surface area contributed by atoms with Gasteiger partial charge < -0.3 is 23.5 Å². The van der Waals surface area contributed by atoms with E-state index in [9.17, 15) is 18.9 Å². The van der Waals surface area contributed by atoms with Crippen LogP contribution in [0.5, 0.6) is 0 Å². The Morgan fingerprint density at radius 1 is 0.871 bits per heavy atom. The molecule has 180 valence electrons. The highest BCUT2D eigenvalue weighted by atomic mass is 31.2. The van der Waals surface area contributed by atoms with Gasteiger partial charge in [0.1, 0.15) is 0 Å². The van der Waals surface area contributed by atoms with Crippen molar-refractivity contribution in [1.82, 2.24) is 0 Å². The summed E-state index contributed by atoms with van der Waals surface area (Å²) in [5, 5.41) is 0. The number of aliphatic imine (C=N–C) groups is 1. The van der Waals surface area contributed by atoms with E-state index in [1.807, 2.05) is 0 Å². The Bertz CT molecular complexity index is 618. The molecule has 0 aliphatic carbocycles. The molecule has 0 aromatic carbocycles. The maximum Gasteiger partial charge on any atom is 0.345 e. The van der Waals surface area contributed by atoms with Gasteiger partial charge in [-0.3, -0.25) is 9.36 Å². The van der Waals surface area contributed by atoms with Gasteiger partial charge in [-0.1, -0.05) is 0 Å². The number of unbranched alkanes of at least 4 members (excludes halogenated alkanes) is 1. The van der Waals surface area contributed by atoms with Gasteiger partial charge >= 0.3 is 17.9 Å². The molecule has 0 radical (unpaired) electrons. The predicted octanol–water partition coefficient (Wildman–Crippen LogP) is 2.96. The topological polar surface area (TPSA) is 127 Å². The third-order valence-corrected chi connectivity index (χ3v) is 6.85. The van der Waals surface area contributed by atoms with Gasteiger partial charge in [-0.15, -0.1) is 0 Å². The predicted molar refractivity (Wildman–Crippen MR) is 116 cm³/mol. The van der Waals surface area contributed by atoms with Crippen molar-refractivity contribution in [1.29, 1.82) is 0 Å². The van der Waals surface area contributed by atoms with E-state index < -0.39 is 24.8 Å². The zero-order chi connectivity index (χ0) is 23.8. The molecule has 0 aliphatic rings. The number of methoxy groups -OCH3 is 1. The van der Waals surface area contributed by atoms with Crippen LogP contribution >= 0.6 is 7.37 Å². The van der Waals surface area contributed by atoms with Crippen LogP contribution < -0.4 is 0 Å². The molecule has 0 rings (SSSR count). The summed E-state index contributed by atoms with van der Waals surface area (Å²) in [6.45, 7) is 7.19. The van der Waals surface area contributed by atoms with E-state index in [-0.39, 0.29) is 51.0 Å². The first-order chi connectivity index (χ1) is 14.7. The fourth-order valence-corrected chi connectivity index (χ4v) is 5.09. The average Bonchev–Trinajstić information content (AvgIpc) is 2.72. The number of hydrogen-bond donors (Lipinski definition) is 0. The fourth-order valence-electron chi connectivity index (χ4n) is 2.76. The van der Waals surface area contributed by atoms with Gasteiger partial charge in [-0.2, -0.15) is 0 Å². The van der Waals surface area contributed by atoms with Crippen molar-refractivity contribution in [2.75, 3.05) is 45.9 Å². The largest absolute Gasteiger partial charge is 0.487 e. The van der Waals surface area contributed by atoms with Crippen LogP contribution in [0.1, 0.15) is 53.4 Å². The highest BCUT2D eigenvalue weighted by Crippen LogP contribution is 2.49. The first kappa shape index (κ1) is 29.1. The van der Waals surface area contributed by atoms with E-state index in [4.69, 9.17) is 23.5 Å². The first-order valence-corrected chi connectivity index (χ1v) is 12.5. The monoisotopic (exact) mass is 465 g/mol. The number of hydrogen-bond acceptors (Lipinski definition) is 10. The lowest BCUT2D eigenvalue weighted by atomic mass is 9.97. The summed E-state index contributed by atoms with van der Waals surface area (Å²) < 4.78 is 38.6. The van der Waals surface area contributed by atoms with Crippen LogP contribution in [0.4, 0.5) is 0 Å². The van der Waals surface area contributed by atoms with Gasteiger partial charge in [0, 0.05) is 25.2 Å². The Balaban J connectivity index is 5.49. The number of carbonyl (C=O) groups excluding carboxylic acids is 3. The second-order valence-corrected chi connectivity index (χ2v) is 9.24. The minimum atomic E-state index is -3.22. The van der Waals surface area contributed by atoms with Gasteiger partial charge in [0.05, 0.1) is 33.5 Å². The third kappa shape index (κ3) is 10.3. The van der Waals surface area contributed by atoms with Crippen molar-refractivity contribution in [2.45, 2.75) is 58.9 Å². The lowest BCUT2D eigenvalue weighted by molar-refractivity contribution is -0.164. The minimum Gasteiger partial charge on any atom is -0.487 e. The molecule has 0 spiro atoms. The minimum absolute atomic E-state index is 0.0273. The summed E-state index contributed by atoms with van der Waals surface area (Å²) in [4.78, 5) is 40.8. The molecule has 1 unspecified atom stereocenters. The van der Waals surface area contributed by atoms with E-state index in [2.05, 4.69) is 4.99 Å². The summed E-state index contributed by atoms with van der Waals surface area (Å²) >= 11 is 0. The molecule has 11 heteroatoms. The fraction of sp³-hybridized carbons (Fsp3) is 0.800. The molecule has 0 amide bonds. The van der Waals surface area contributed by atoms with Gasteiger partial charge in [0.25, 0.3) is 5.54 Å². The molecule has 0 aromatic heterocycles. The van der Waals surface area contributed by atoms with Crippen LogP contribution in [-0.2, 0) is 42.4 Å². The van der Waals surface area contributed by atoms with Crippen molar-refractivity contribution in [3.05, 3.63) is 0 Å². The molecule has 31 heavy (non-hydrogen) atoms. The molecular weight excluding hydrogens is 429 g/mol. The van der Waals surface area contributed by atoms with Crippen LogP contribution in [0.3, 0.4) is 0 Å². The highest BCUT2D eigenvalue weighted by molar-refractivity contribution is 7.58. The molecule has 0 saturated heterocycles. The van der Waals surface area contributed by atoms with Crippen LogP contribution in [-0.4, -0.2) is 75.7 Å². The van der Waals surface area contributed by atoms with E-state index in [0.717, 1.165) is 6.40 Å². The maximum absolute atomic E-state index is 13.3. The molecule has 10 nitrogen and oxygen atoms in total. The summed E-state index contributed by atoms with van der Waals surface area (Å²) in [5.74, 6) is -2.13. The normalized spacial score (nSPS) is 13.5. The Hall–Kier alpha value is -1.93. The van der Waals surface area contributed by atoms with Crippen molar-refractivity contribution in [2.24, 2.45) is 4.99 Å².